The van der Waals surface area contributed by atoms with E-state index < -0.39 is 11.9 Å². The number of anilines is 1. The second-order valence-corrected chi connectivity index (χ2v) is 4.55. The lowest BCUT2D eigenvalue weighted by Crippen LogP contribution is -2.33. The van der Waals surface area contributed by atoms with E-state index in [-0.39, 0.29) is 23.8 Å². The maximum atomic E-state index is 12.5. The molecule has 0 atom stereocenters. The van der Waals surface area contributed by atoms with Crippen LogP contribution in [0.3, 0.4) is 0 Å². The van der Waals surface area contributed by atoms with Crippen LogP contribution >= 0.6 is 11.6 Å². The van der Waals surface area contributed by atoms with Crippen molar-refractivity contribution in [1.29, 1.82) is 0 Å². The molecule has 0 aliphatic heterocycles. The minimum Gasteiger partial charge on any atom is -0.481 e. The van der Waals surface area contributed by atoms with Crippen molar-refractivity contribution in [2.24, 2.45) is 0 Å². The van der Waals surface area contributed by atoms with Crippen molar-refractivity contribution in [3.63, 3.8) is 0 Å². The third-order valence-corrected chi connectivity index (χ3v) is 2.90. The Morgan fingerprint density at radius 1 is 1.14 bits per heavy atom. The highest BCUT2D eigenvalue weighted by Crippen LogP contribution is 2.16. The number of carbonyl (C=O) groups excluding carboxylic acids is 1. The Hall–Kier alpha value is -2.47. The summed E-state index contributed by atoms with van der Waals surface area (Å²) in [5, 5.41) is 9.00. The highest BCUT2D eigenvalue weighted by molar-refractivity contribution is 6.29. The summed E-state index contributed by atoms with van der Waals surface area (Å²) < 4.78 is 0. The molecule has 7 heteroatoms. The molecule has 0 aliphatic rings. The van der Waals surface area contributed by atoms with Gasteiger partial charge < -0.3 is 10.0 Å². The number of hydrogen-bond acceptors (Lipinski definition) is 4. The fraction of sp³-hybridized carbons (Fsp3) is 0.143. The largest absolute Gasteiger partial charge is 0.481 e. The van der Waals surface area contributed by atoms with E-state index in [1.807, 2.05) is 6.07 Å². The number of aromatic nitrogens is 2. The van der Waals surface area contributed by atoms with Gasteiger partial charge in [0, 0.05) is 12.2 Å². The summed E-state index contributed by atoms with van der Waals surface area (Å²) in [5.41, 5.74) is 0.703. The second kappa shape index (κ2) is 6.81. The van der Waals surface area contributed by atoms with Crippen LogP contribution in [0.1, 0.15) is 16.9 Å². The van der Waals surface area contributed by atoms with Gasteiger partial charge in [0.25, 0.3) is 5.91 Å². The zero-order valence-electron chi connectivity index (χ0n) is 10.9. The van der Waals surface area contributed by atoms with E-state index in [0.29, 0.717) is 5.69 Å². The number of rotatable bonds is 5. The molecule has 1 amide bonds. The Bertz CT molecular complexity index is 632. The molecule has 0 spiro atoms. The van der Waals surface area contributed by atoms with Crippen molar-refractivity contribution in [2.75, 3.05) is 11.4 Å². The molecule has 21 heavy (non-hydrogen) atoms. The molecule has 0 fully saturated rings. The maximum Gasteiger partial charge on any atom is 0.305 e. The summed E-state index contributed by atoms with van der Waals surface area (Å²) in [7, 11) is 0. The van der Waals surface area contributed by atoms with Crippen LogP contribution in [0.4, 0.5) is 5.69 Å². The van der Waals surface area contributed by atoms with E-state index in [4.69, 9.17) is 16.7 Å². The molecule has 0 unspecified atom stereocenters. The fourth-order valence-electron chi connectivity index (χ4n) is 1.72. The SMILES string of the molecule is O=C(O)CCN(C(=O)c1cnc(Cl)cn1)c1ccccc1. The van der Waals surface area contributed by atoms with Crippen molar-refractivity contribution in [1.82, 2.24) is 9.97 Å². The topological polar surface area (TPSA) is 83.4 Å². The third kappa shape index (κ3) is 4.00. The van der Waals surface area contributed by atoms with Gasteiger partial charge in [0.15, 0.2) is 0 Å². The standard InChI is InChI=1S/C14H12ClN3O3/c15-12-9-16-11(8-17-12)14(21)18(7-6-13(19)20)10-4-2-1-3-5-10/h1-5,8-9H,6-7H2,(H,19,20). The average molecular weight is 306 g/mol. The number of carboxylic acid groups (broad SMARTS) is 1. The normalized spacial score (nSPS) is 10.1. The molecule has 1 aromatic heterocycles. The number of para-hydroxylation sites is 1. The van der Waals surface area contributed by atoms with E-state index in [0.717, 1.165) is 0 Å². The molecule has 6 nitrogen and oxygen atoms in total. The lowest BCUT2D eigenvalue weighted by molar-refractivity contribution is -0.136. The average Bonchev–Trinajstić information content (AvgIpc) is 2.49. The molecule has 0 bridgehead atoms. The Labute approximate surface area is 126 Å². The number of amides is 1. The molecule has 2 rings (SSSR count). The summed E-state index contributed by atoms with van der Waals surface area (Å²) in [6.07, 6.45) is 2.37. The first kappa shape index (κ1) is 14.9. The summed E-state index contributed by atoms with van der Waals surface area (Å²) in [4.78, 5) is 32.3. The highest BCUT2D eigenvalue weighted by Gasteiger charge is 2.20. The monoisotopic (exact) mass is 305 g/mol. The number of benzene rings is 1. The van der Waals surface area contributed by atoms with Gasteiger partial charge in [-0.2, -0.15) is 0 Å². The molecule has 0 radical (unpaired) electrons. The van der Waals surface area contributed by atoms with Crippen LogP contribution in [-0.2, 0) is 4.79 Å². The maximum absolute atomic E-state index is 12.5. The molecule has 2 aromatic rings. The quantitative estimate of drug-likeness (QED) is 0.916. The highest BCUT2D eigenvalue weighted by atomic mass is 35.5. The van der Waals surface area contributed by atoms with Gasteiger partial charge in [-0.3, -0.25) is 9.59 Å². The Morgan fingerprint density at radius 3 is 2.43 bits per heavy atom. The molecule has 0 aliphatic carbocycles. The molecule has 0 saturated heterocycles. The van der Waals surface area contributed by atoms with Gasteiger partial charge in [0.2, 0.25) is 0 Å². The first-order valence-electron chi connectivity index (χ1n) is 6.14. The summed E-state index contributed by atoms with van der Waals surface area (Å²) in [6.45, 7) is 0.0441. The summed E-state index contributed by atoms with van der Waals surface area (Å²) in [5.74, 6) is -1.41. The molecular formula is C14H12ClN3O3. The van der Waals surface area contributed by atoms with Crippen molar-refractivity contribution < 1.29 is 14.7 Å². The minimum atomic E-state index is -0.981. The van der Waals surface area contributed by atoms with Gasteiger partial charge in [-0.05, 0) is 12.1 Å². The number of nitrogens with zero attached hydrogens (tertiary/aromatic N) is 3. The van der Waals surface area contributed by atoms with Gasteiger partial charge >= 0.3 is 5.97 Å². The first-order valence-corrected chi connectivity index (χ1v) is 6.52. The van der Waals surface area contributed by atoms with Crippen LogP contribution in [0, 0.1) is 0 Å². The van der Waals surface area contributed by atoms with E-state index in [9.17, 15) is 9.59 Å². The minimum absolute atomic E-state index is 0.0441. The van der Waals surface area contributed by atoms with Crippen LogP contribution < -0.4 is 4.90 Å². The van der Waals surface area contributed by atoms with Crippen LogP contribution in [0.15, 0.2) is 42.7 Å². The Kier molecular flexibility index (Phi) is 4.84. The molecule has 1 N–H and O–H groups in total. The predicted molar refractivity (Wildman–Crippen MR) is 77.4 cm³/mol. The summed E-state index contributed by atoms with van der Waals surface area (Å²) >= 11 is 5.64. The van der Waals surface area contributed by atoms with E-state index >= 15 is 0 Å². The van der Waals surface area contributed by atoms with Crippen LogP contribution in [-0.4, -0.2) is 33.5 Å². The molecule has 0 saturated carbocycles. The van der Waals surface area contributed by atoms with Gasteiger partial charge in [0.1, 0.15) is 10.8 Å². The van der Waals surface area contributed by atoms with Gasteiger partial charge in [0.05, 0.1) is 18.8 Å². The fourth-order valence-corrected chi connectivity index (χ4v) is 1.82. The van der Waals surface area contributed by atoms with Crippen molar-refractivity contribution in [3.05, 3.63) is 53.6 Å². The first-order chi connectivity index (χ1) is 10.1. The van der Waals surface area contributed by atoms with Crippen LogP contribution in [0.5, 0.6) is 0 Å². The Balaban J connectivity index is 2.28. The lowest BCUT2D eigenvalue weighted by atomic mass is 10.2. The lowest BCUT2D eigenvalue weighted by Gasteiger charge is -2.21. The molecule has 1 aromatic carbocycles. The van der Waals surface area contributed by atoms with E-state index in [1.54, 1.807) is 24.3 Å². The summed E-state index contributed by atoms with van der Waals surface area (Å²) in [6, 6.07) is 8.80. The third-order valence-electron chi connectivity index (χ3n) is 2.70. The number of hydrogen-bond donors (Lipinski definition) is 1. The second-order valence-electron chi connectivity index (χ2n) is 4.16. The van der Waals surface area contributed by atoms with Gasteiger partial charge in [-0.1, -0.05) is 29.8 Å². The number of carboxylic acids is 1. The van der Waals surface area contributed by atoms with Crippen molar-refractivity contribution >= 4 is 29.2 Å². The van der Waals surface area contributed by atoms with E-state index in [2.05, 4.69) is 9.97 Å². The number of aliphatic carboxylic acids is 1. The molecule has 1 heterocycles. The van der Waals surface area contributed by atoms with Crippen LogP contribution in [0.25, 0.3) is 0 Å². The zero-order valence-corrected chi connectivity index (χ0v) is 11.7. The van der Waals surface area contributed by atoms with Gasteiger partial charge in [-0.25, -0.2) is 9.97 Å². The van der Waals surface area contributed by atoms with Gasteiger partial charge in [-0.15, -0.1) is 0 Å². The number of halogens is 1. The Morgan fingerprint density at radius 2 is 1.86 bits per heavy atom. The predicted octanol–water partition coefficient (Wildman–Crippen LogP) is 2.25. The van der Waals surface area contributed by atoms with E-state index in [1.165, 1.54) is 17.3 Å². The molecule has 108 valence electrons. The molecular weight excluding hydrogens is 294 g/mol. The van der Waals surface area contributed by atoms with Crippen molar-refractivity contribution in [3.8, 4) is 0 Å². The van der Waals surface area contributed by atoms with Crippen molar-refractivity contribution in [2.45, 2.75) is 6.42 Å². The van der Waals surface area contributed by atoms with Crippen LogP contribution in [0.2, 0.25) is 5.15 Å². The smallest absolute Gasteiger partial charge is 0.305 e. The zero-order chi connectivity index (χ0) is 15.2. The number of carbonyl (C=O) groups is 2.